The van der Waals surface area contributed by atoms with Crippen molar-refractivity contribution in [1.29, 1.82) is 0 Å². The minimum absolute atomic E-state index is 0.0804. The van der Waals surface area contributed by atoms with Crippen molar-refractivity contribution in [2.24, 2.45) is 0 Å². The lowest BCUT2D eigenvalue weighted by Crippen LogP contribution is -2.46. The number of hydrogen-bond acceptors (Lipinski definition) is 4. The molecule has 0 bridgehead atoms. The Labute approximate surface area is 155 Å². The van der Waals surface area contributed by atoms with Crippen LogP contribution in [0.25, 0.3) is 0 Å². The van der Waals surface area contributed by atoms with E-state index in [9.17, 15) is 4.79 Å². The van der Waals surface area contributed by atoms with Crippen molar-refractivity contribution in [3.05, 3.63) is 60.2 Å². The summed E-state index contributed by atoms with van der Waals surface area (Å²) in [7, 11) is 1.69. The number of para-hydroxylation sites is 1. The Kier molecular flexibility index (Phi) is 6.63. The van der Waals surface area contributed by atoms with Gasteiger partial charge in [0.25, 0.3) is 0 Å². The molecule has 2 aromatic carbocycles. The van der Waals surface area contributed by atoms with Gasteiger partial charge in [0.1, 0.15) is 5.75 Å². The van der Waals surface area contributed by atoms with Crippen molar-refractivity contribution < 1.29 is 9.53 Å². The van der Waals surface area contributed by atoms with E-state index in [2.05, 4.69) is 27.2 Å². The molecule has 3 rings (SSSR count). The number of amides is 1. The van der Waals surface area contributed by atoms with E-state index >= 15 is 0 Å². The summed E-state index contributed by atoms with van der Waals surface area (Å²) in [5.74, 6) is 0.976. The van der Waals surface area contributed by atoms with Crippen LogP contribution in [0.15, 0.2) is 54.6 Å². The van der Waals surface area contributed by atoms with Crippen LogP contribution in [0, 0.1) is 0 Å². The van der Waals surface area contributed by atoms with Crippen molar-refractivity contribution >= 4 is 11.6 Å². The number of carbonyl (C=O) groups is 1. The van der Waals surface area contributed by atoms with Gasteiger partial charge in [0.2, 0.25) is 5.91 Å². The van der Waals surface area contributed by atoms with Crippen LogP contribution in [-0.2, 0) is 11.3 Å². The highest BCUT2D eigenvalue weighted by atomic mass is 16.5. The van der Waals surface area contributed by atoms with Gasteiger partial charge in [0.15, 0.2) is 0 Å². The predicted octanol–water partition coefficient (Wildman–Crippen LogP) is 2.84. The van der Waals surface area contributed by atoms with Crippen molar-refractivity contribution in [3.63, 3.8) is 0 Å². The molecule has 2 aromatic rings. The second kappa shape index (κ2) is 9.36. The maximum atomic E-state index is 12.1. The van der Waals surface area contributed by atoms with Gasteiger partial charge in [-0.05, 0) is 29.8 Å². The van der Waals surface area contributed by atoms with E-state index in [1.807, 2.05) is 42.5 Å². The Hall–Kier alpha value is -2.37. The summed E-state index contributed by atoms with van der Waals surface area (Å²) in [6.07, 6.45) is 0.535. The van der Waals surface area contributed by atoms with E-state index in [-0.39, 0.29) is 5.91 Å². The first-order chi connectivity index (χ1) is 12.7. The summed E-state index contributed by atoms with van der Waals surface area (Å²) in [6, 6.07) is 17.9. The van der Waals surface area contributed by atoms with E-state index in [1.165, 1.54) is 5.56 Å². The molecule has 0 unspecified atom stereocenters. The van der Waals surface area contributed by atoms with Crippen LogP contribution in [-0.4, -0.2) is 55.5 Å². The van der Waals surface area contributed by atoms with Gasteiger partial charge >= 0.3 is 0 Å². The second-order valence-electron chi connectivity index (χ2n) is 6.63. The Balaban J connectivity index is 1.36. The van der Waals surface area contributed by atoms with Gasteiger partial charge in [0, 0.05) is 51.4 Å². The highest BCUT2D eigenvalue weighted by Gasteiger charge is 2.17. The molecule has 0 saturated carbocycles. The summed E-state index contributed by atoms with van der Waals surface area (Å²) in [5, 5.41) is 2.95. The zero-order chi connectivity index (χ0) is 18.2. The Morgan fingerprint density at radius 3 is 2.27 bits per heavy atom. The van der Waals surface area contributed by atoms with E-state index in [0.717, 1.165) is 50.7 Å². The Bertz CT molecular complexity index is 680. The molecule has 0 spiro atoms. The van der Waals surface area contributed by atoms with Crippen LogP contribution >= 0.6 is 0 Å². The molecule has 5 nitrogen and oxygen atoms in total. The zero-order valence-corrected chi connectivity index (χ0v) is 15.4. The third-order valence-electron chi connectivity index (χ3n) is 4.74. The van der Waals surface area contributed by atoms with Crippen molar-refractivity contribution in [3.8, 4) is 5.75 Å². The van der Waals surface area contributed by atoms with Crippen molar-refractivity contribution in [2.75, 3.05) is 45.2 Å². The maximum Gasteiger partial charge on any atom is 0.225 e. The first kappa shape index (κ1) is 18.4. The number of rotatable bonds is 7. The smallest absolute Gasteiger partial charge is 0.225 e. The van der Waals surface area contributed by atoms with Gasteiger partial charge in [-0.25, -0.2) is 0 Å². The average Bonchev–Trinajstić information content (AvgIpc) is 2.69. The van der Waals surface area contributed by atoms with Crippen molar-refractivity contribution in [1.82, 2.24) is 9.80 Å². The lowest BCUT2D eigenvalue weighted by atomic mass is 10.2. The Morgan fingerprint density at radius 2 is 1.62 bits per heavy atom. The first-order valence-corrected chi connectivity index (χ1v) is 9.15. The monoisotopic (exact) mass is 353 g/mol. The summed E-state index contributed by atoms with van der Waals surface area (Å²) < 4.78 is 5.20. The molecular weight excluding hydrogens is 326 g/mol. The summed E-state index contributed by atoms with van der Waals surface area (Å²) in [6.45, 7) is 5.86. The summed E-state index contributed by atoms with van der Waals surface area (Å²) >= 11 is 0. The largest absolute Gasteiger partial charge is 0.497 e. The lowest BCUT2D eigenvalue weighted by Gasteiger charge is -2.34. The molecule has 0 aromatic heterocycles. The minimum Gasteiger partial charge on any atom is -0.497 e. The normalized spacial score (nSPS) is 15.6. The highest BCUT2D eigenvalue weighted by Crippen LogP contribution is 2.14. The van der Waals surface area contributed by atoms with Gasteiger partial charge in [0.05, 0.1) is 7.11 Å². The first-order valence-electron chi connectivity index (χ1n) is 9.15. The number of anilines is 1. The predicted molar refractivity (Wildman–Crippen MR) is 104 cm³/mol. The Morgan fingerprint density at radius 1 is 0.962 bits per heavy atom. The van der Waals surface area contributed by atoms with Gasteiger partial charge in [-0.15, -0.1) is 0 Å². The van der Waals surface area contributed by atoms with Crippen LogP contribution in [0.2, 0.25) is 0 Å². The average molecular weight is 353 g/mol. The number of piperazine rings is 1. The number of ether oxygens (including phenoxy) is 1. The van der Waals surface area contributed by atoms with Gasteiger partial charge in [-0.1, -0.05) is 30.3 Å². The van der Waals surface area contributed by atoms with E-state index < -0.39 is 0 Å². The summed E-state index contributed by atoms with van der Waals surface area (Å²) in [5.41, 5.74) is 2.17. The SMILES string of the molecule is COc1ccc(CN2CCN(CCC(=O)Nc3ccccc3)CC2)cc1. The minimum atomic E-state index is 0.0804. The van der Waals surface area contributed by atoms with Crippen LogP contribution in [0.5, 0.6) is 5.75 Å². The van der Waals surface area contributed by atoms with Gasteiger partial charge in [-0.3, -0.25) is 9.69 Å². The molecule has 26 heavy (non-hydrogen) atoms. The molecule has 1 heterocycles. The topological polar surface area (TPSA) is 44.8 Å². The molecule has 1 aliphatic rings. The van der Waals surface area contributed by atoms with Crippen LogP contribution < -0.4 is 10.1 Å². The molecule has 0 aliphatic carbocycles. The molecule has 0 radical (unpaired) electrons. The molecule has 1 aliphatic heterocycles. The second-order valence-corrected chi connectivity index (χ2v) is 6.63. The van der Waals surface area contributed by atoms with E-state index in [4.69, 9.17) is 4.74 Å². The number of nitrogens with one attached hydrogen (secondary N) is 1. The number of benzene rings is 2. The highest BCUT2D eigenvalue weighted by molar-refractivity contribution is 5.90. The van der Waals surface area contributed by atoms with E-state index in [1.54, 1.807) is 7.11 Å². The number of carbonyl (C=O) groups excluding carboxylic acids is 1. The molecule has 1 saturated heterocycles. The fourth-order valence-corrected chi connectivity index (χ4v) is 3.16. The number of methoxy groups -OCH3 is 1. The van der Waals surface area contributed by atoms with E-state index in [0.29, 0.717) is 6.42 Å². The molecule has 1 N–H and O–H groups in total. The lowest BCUT2D eigenvalue weighted by molar-refractivity contribution is -0.116. The third kappa shape index (κ3) is 5.58. The molecular formula is C21H27N3O2. The van der Waals surface area contributed by atoms with Crippen LogP contribution in [0.3, 0.4) is 0 Å². The van der Waals surface area contributed by atoms with Crippen LogP contribution in [0.1, 0.15) is 12.0 Å². The molecule has 1 fully saturated rings. The fraction of sp³-hybridized carbons (Fsp3) is 0.381. The molecule has 138 valence electrons. The molecule has 0 atom stereocenters. The van der Waals surface area contributed by atoms with Crippen LogP contribution in [0.4, 0.5) is 5.69 Å². The number of nitrogens with zero attached hydrogens (tertiary/aromatic N) is 2. The molecule has 1 amide bonds. The standard InChI is InChI=1S/C21H27N3O2/c1-26-20-9-7-18(8-10-20)17-24-15-13-23(14-16-24)12-11-21(25)22-19-5-3-2-4-6-19/h2-10H,11-17H2,1H3,(H,22,25). The zero-order valence-electron chi connectivity index (χ0n) is 15.4. The van der Waals surface area contributed by atoms with Gasteiger partial charge in [-0.2, -0.15) is 0 Å². The fourth-order valence-electron chi connectivity index (χ4n) is 3.16. The van der Waals surface area contributed by atoms with Gasteiger partial charge < -0.3 is 15.0 Å². The molecule has 5 heteroatoms. The third-order valence-corrected chi connectivity index (χ3v) is 4.74. The van der Waals surface area contributed by atoms with Crippen molar-refractivity contribution in [2.45, 2.75) is 13.0 Å². The maximum absolute atomic E-state index is 12.1. The number of hydrogen-bond donors (Lipinski definition) is 1. The quantitative estimate of drug-likeness (QED) is 0.831. The summed E-state index contributed by atoms with van der Waals surface area (Å²) in [4.78, 5) is 16.9.